The topological polar surface area (TPSA) is 58.0 Å². The molecule has 0 spiro atoms. The van der Waals surface area contributed by atoms with Crippen LogP contribution in [0.5, 0.6) is 0 Å². The zero-order valence-electron chi connectivity index (χ0n) is 10.6. The van der Waals surface area contributed by atoms with Crippen LogP contribution < -0.4 is 0 Å². The summed E-state index contributed by atoms with van der Waals surface area (Å²) in [6.07, 6.45) is 0.452. The van der Waals surface area contributed by atoms with E-state index < -0.39 is 8.45 Å². The van der Waals surface area contributed by atoms with Crippen LogP contribution in [0.2, 0.25) is 0 Å². The van der Waals surface area contributed by atoms with Crippen LogP contribution >= 0.6 is 8.45 Å². The molecule has 0 atom stereocenters. The Morgan fingerprint density at radius 2 is 1.50 bits per heavy atom. The highest BCUT2D eigenvalue weighted by molar-refractivity contribution is 7.47. The maximum Gasteiger partial charge on any atom is 0.188 e. The Kier molecular flexibility index (Phi) is 6.29. The number of hydrogen-bond acceptors (Lipinski definition) is 6. The molecule has 0 unspecified atom stereocenters. The highest BCUT2D eigenvalue weighted by Gasteiger charge is 2.29. The zero-order valence-corrected chi connectivity index (χ0v) is 11.5. The summed E-state index contributed by atoms with van der Waals surface area (Å²) in [5.41, 5.74) is 0. The molecule has 0 saturated carbocycles. The number of morpholine rings is 2. The number of hydrogen-bond donors (Lipinski definition) is 0. The molecule has 0 aliphatic carbocycles. The van der Waals surface area contributed by atoms with Crippen LogP contribution in [0.15, 0.2) is 0 Å². The van der Waals surface area contributed by atoms with Gasteiger partial charge in [0.15, 0.2) is 8.45 Å². The fourth-order valence-electron chi connectivity index (χ4n) is 1.96. The Balaban J connectivity index is 1.89. The van der Waals surface area contributed by atoms with Gasteiger partial charge in [-0.05, 0) is 0 Å². The first-order valence-electron chi connectivity index (χ1n) is 6.37. The van der Waals surface area contributed by atoms with Crippen LogP contribution in [0.4, 0.5) is 0 Å². The van der Waals surface area contributed by atoms with E-state index in [4.69, 9.17) is 19.3 Å². The summed E-state index contributed by atoms with van der Waals surface area (Å²) in [6, 6.07) is 2.13. The van der Waals surface area contributed by atoms with Gasteiger partial charge in [0, 0.05) is 26.2 Å². The molecule has 0 amide bonds. The van der Waals surface area contributed by atoms with Crippen LogP contribution in [-0.4, -0.2) is 68.6 Å². The Hall–Kier alpha value is -0.280. The van der Waals surface area contributed by atoms with Crippen molar-refractivity contribution in [2.24, 2.45) is 0 Å². The molecule has 0 radical (unpaired) electrons. The SMILES string of the molecule is N#CCCOP(N1CCOCC1)N1CCOCC1. The number of nitriles is 1. The molecule has 102 valence electrons. The quantitative estimate of drug-likeness (QED) is 0.546. The first-order valence-corrected chi connectivity index (χ1v) is 7.53. The zero-order chi connectivity index (χ0) is 12.6. The van der Waals surface area contributed by atoms with E-state index in [1.54, 1.807) is 0 Å². The second-order valence-corrected chi connectivity index (χ2v) is 6.02. The third kappa shape index (κ3) is 4.13. The molecule has 2 rings (SSSR count). The first kappa shape index (κ1) is 14.1. The van der Waals surface area contributed by atoms with Gasteiger partial charge in [-0.1, -0.05) is 0 Å². The largest absolute Gasteiger partial charge is 0.379 e. The summed E-state index contributed by atoms with van der Waals surface area (Å²) in [5, 5.41) is 8.61. The minimum absolute atomic E-state index is 0.452. The summed E-state index contributed by atoms with van der Waals surface area (Å²) >= 11 is 0. The highest BCUT2D eigenvalue weighted by atomic mass is 31.2. The van der Waals surface area contributed by atoms with Gasteiger partial charge < -0.3 is 14.0 Å². The molecular weight excluding hydrogens is 253 g/mol. The molecule has 2 saturated heterocycles. The van der Waals surface area contributed by atoms with Gasteiger partial charge in [0.2, 0.25) is 0 Å². The van der Waals surface area contributed by atoms with Gasteiger partial charge >= 0.3 is 0 Å². The predicted molar refractivity (Wildman–Crippen MR) is 67.9 cm³/mol. The molecule has 2 aliphatic heterocycles. The molecule has 7 heteroatoms. The maximum absolute atomic E-state index is 8.61. The Morgan fingerprint density at radius 1 is 1.00 bits per heavy atom. The van der Waals surface area contributed by atoms with Gasteiger partial charge in [-0.3, -0.25) is 0 Å². The van der Waals surface area contributed by atoms with Crippen molar-refractivity contribution in [2.75, 3.05) is 59.2 Å². The van der Waals surface area contributed by atoms with Crippen LogP contribution in [0, 0.1) is 11.3 Å². The Bertz CT molecular complexity index is 257. The third-order valence-electron chi connectivity index (χ3n) is 2.88. The van der Waals surface area contributed by atoms with Crippen molar-refractivity contribution in [3.05, 3.63) is 0 Å². The van der Waals surface area contributed by atoms with Gasteiger partial charge in [-0.15, -0.1) is 0 Å². The first-order chi connectivity index (χ1) is 8.92. The molecule has 18 heavy (non-hydrogen) atoms. The lowest BCUT2D eigenvalue weighted by atomic mass is 10.5. The van der Waals surface area contributed by atoms with E-state index in [0.717, 1.165) is 52.6 Å². The van der Waals surface area contributed by atoms with E-state index >= 15 is 0 Å². The summed E-state index contributed by atoms with van der Waals surface area (Å²) in [6.45, 7) is 7.23. The molecule has 0 aromatic carbocycles. The predicted octanol–water partition coefficient (Wildman–Crippen LogP) is 0.808. The number of nitrogens with zero attached hydrogens (tertiary/aromatic N) is 3. The summed E-state index contributed by atoms with van der Waals surface area (Å²) in [4.78, 5) is 0. The molecule has 2 fully saturated rings. The number of ether oxygens (including phenoxy) is 2. The van der Waals surface area contributed by atoms with E-state index in [1.165, 1.54) is 0 Å². The lowest BCUT2D eigenvalue weighted by molar-refractivity contribution is 0.0480. The lowest BCUT2D eigenvalue weighted by Gasteiger charge is -2.40. The van der Waals surface area contributed by atoms with Gasteiger partial charge in [0.05, 0.1) is 45.5 Å². The summed E-state index contributed by atoms with van der Waals surface area (Å²) in [7, 11) is -0.753. The molecular formula is C11H20N3O3P. The van der Waals surface area contributed by atoms with Gasteiger partial charge in [0.1, 0.15) is 0 Å². The highest BCUT2D eigenvalue weighted by Crippen LogP contribution is 2.46. The van der Waals surface area contributed by atoms with Gasteiger partial charge in [-0.2, -0.15) is 5.26 Å². The average molecular weight is 273 g/mol. The fourth-order valence-corrected chi connectivity index (χ4v) is 3.91. The molecule has 2 heterocycles. The second-order valence-electron chi connectivity index (χ2n) is 4.13. The van der Waals surface area contributed by atoms with Crippen LogP contribution in [0.25, 0.3) is 0 Å². The van der Waals surface area contributed by atoms with E-state index in [2.05, 4.69) is 15.4 Å². The van der Waals surface area contributed by atoms with E-state index in [0.29, 0.717) is 13.0 Å². The molecule has 0 aromatic heterocycles. The Morgan fingerprint density at radius 3 is 1.94 bits per heavy atom. The standard InChI is InChI=1S/C11H20N3O3P/c12-2-1-7-17-18(13-3-8-15-9-4-13)14-5-10-16-11-6-14/h1,3-11H2. The number of rotatable bonds is 5. The van der Waals surface area contributed by atoms with Crippen LogP contribution in [-0.2, 0) is 14.0 Å². The molecule has 2 aliphatic rings. The van der Waals surface area contributed by atoms with Crippen molar-refractivity contribution in [1.82, 2.24) is 9.34 Å². The van der Waals surface area contributed by atoms with Crippen LogP contribution in [0.3, 0.4) is 0 Å². The molecule has 6 nitrogen and oxygen atoms in total. The summed E-state index contributed by atoms with van der Waals surface area (Å²) in [5.74, 6) is 0. The van der Waals surface area contributed by atoms with Crippen molar-refractivity contribution < 1.29 is 14.0 Å². The molecule has 0 aromatic rings. The van der Waals surface area contributed by atoms with E-state index in [9.17, 15) is 0 Å². The molecule has 0 bridgehead atoms. The minimum atomic E-state index is -0.753. The van der Waals surface area contributed by atoms with E-state index in [-0.39, 0.29) is 0 Å². The minimum Gasteiger partial charge on any atom is -0.379 e. The third-order valence-corrected chi connectivity index (χ3v) is 5.06. The second kappa shape index (κ2) is 8.00. The van der Waals surface area contributed by atoms with E-state index in [1.807, 2.05) is 0 Å². The van der Waals surface area contributed by atoms with Gasteiger partial charge in [0.25, 0.3) is 0 Å². The summed E-state index contributed by atoms with van der Waals surface area (Å²) < 4.78 is 21.4. The molecule has 0 N–H and O–H groups in total. The van der Waals surface area contributed by atoms with Crippen molar-refractivity contribution in [1.29, 1.82) is 5.26 Å². The van der Waals surface area contributed by atoms with Crippen LogP contribution in [0.1, 0.15) is 6.42 Å². The van der Waals surface area contributed by atoms with Crippen molar-refractivity contribution in [3.63, 3.8) is 0 Å². The van der Waals surface area contributed by atoms with Crippen molar-refractivity contribution in [3.8, 4) is 6.07 Å². The monoisotopic (exact) mass is 273 g/mol. The Labute approximate surface area is 109 Å². The maximum atomic E-state index is 8.61. The van der Waals surface area contributed by atoms with Crippen molar-refractivity contribution >= 4 is 8.45 Å². The fraction of sp³-hybridized carbons (Fsp3) is 0.909. The smallest absolute Gasteiger partial charge is 0.188 e. The van der Waals surface area contributed by atoms with Gasteiger partial charge in [-0.25, -0.2) is 9.34 Å². The van der Waals surface area contributed by atoms with Crippen molar-refractivity contribution in [2.45, 2.75) is 6.42 Å². The normalized spacial score (nSPS) is 23.1. The average Bonchev–Trinajstić information content (AvgIpc) is 2.46. The lowest BCUT2D eigenvalue weighted by Crippen LogP contribution is -2.41.